The molecule has 17 N–H and O–H groups in total. The van der Waals surface area contributed by atoms with E-state index < -0.39 is 192 Å². The fourth-order valence-electron chi connectivity index (χ4n) is 8.49. The number of nitrogens with two attached hydrogens (primary N) is 1. The number of rotatable bonds is 32. The van der Waals surface area contributed by atoms with Gasteiger partial charge < -0.3 is 84.9 Å². The Morgan fingerprint density at radius 3 is 1.84 bits per heavy atom. The number of carboxylic acids is 3. The van der Waals surface area contributed by atoms with Gasteiger partial charge in [-0.25, -0.2) is 4.79 Å². The van der Waals surface area contributed by atoms with E-state index in [1.807, 2.05) is 0 Å². The smallest absolute Gasteiger partial charge is 0.326 e. The predicted molar refractivity (Wildman–Crippen MR) is 331 cm³/mol. The summed E-state index contributed by atoms with van der Waals surface area (Å²) < 4.78 is 0. The minimum Gasteiger partial charge on any atom is -0.481 e. The van der Waals surface area contributed by atoms with E-state index in [2.05, 4.69) is 69.7 Å². The minimum atomic E-state index is -1.91. The van der Waals surface area contributed by atoms with E-state index in [0.717, 1.165) is 28.0 Å². The highest BCUT2D eigenvalue weighted by Gasteiger charge is 2.38. The van der Waals surface area contributed by atoms with Crippen LogP contribution in [-0.2, 0) is 67.1 Å². The monoisotopic (exact) mass is 1300 g/mol. The molecule has 502 valence electrons. The molecule has 0 radical (unpaired) electrons. The van der Waals surface area contributed by atoms with Gasteiger partial charge in [-0.2, -0.15) is 0 Å². The highest BCUT2D eigenvalue weighted by Crippen LogP contribution is 2.24. The molecule has 1 rings (SSSR count). The van der Waals surface area contributed by atoms with Gasteiger partial charge in [0.25, 0.3) is 0 Å². The fourth-order valence-corrected chi connectivity index (χ4v) is 10.8. The number of hydrogen-bond donors (Lipinski definition) is 16. The van der Waals surface area contributed by atoms with Crippen molar-refractivity contribution < 1.29 is 82.4 Å². The number of aliphatic carboxylic acids is 3. The Balaban J connectivity index is 3.89. The molecule has 0 aromatic rings. The van der Waals surface area contributed by atoms with Gasteiger partial charge in [-0.05, 0) is 82.2 Å². The van der Waals surface area contributed by atoms with Crippen molar-refractivity contribution in [2.24, 2.45) is 29.4 Å². The van der Waals surface area contributed by atoms with E-state index in [4.69, 9.17) is 12.2 Å². The van der Waals surface area contributed by atoms with Crippen molar-refractivity contribution in [3.05, 3.63) is 0 Å². The van der Waals surface area contributed by atoms with Gasteiger partial charge in [0.15, 0.2) is 0 Å². The highest BCUT2D eigenvalue weighted by atomic mass is 33.1. The Labute approximate surface area is 527 Å². The minimum absolute atomic E-state index is 0.00319. The molecule has 1 aliphatic heterocycles. The van der Waals surface area contributed by atoms with E-state index in [0.29, 0.717) is 58.2 Å². The van der Waals surface area contributed by atoms with E-state index >= 15 is 0 Å². The predicted octanol–water partition coefficient (Wildman–Crippen LogP) is -1.89. The number of nitrogens with one attached hydrogen (secondary N) is 12. The van der Waals surface area contributed by atoms with Crippen LogP contribution < -0.4 is 69.5 Å². The molecule has 1 fully saturated rings. The van der Waals surface area contributed by atoms with E-state index in [-0.39, 0.29) is 25.2 Å². The van der Waals surface area contributed by atoms with Crippen LogP contribution in [0.1, 0.15) is 139 Å². The van der Waals surface area contributed by atoms with Crippen molar-refractivity contribution in [3.8, 4) is 12.3 Å². The zero-order valence-corrected chi connectivity index (χ0v) is 54.0. The topological polar surface area (TPSA) is 470 Å². The lowest BCUT2D eigenvalue weighted by atomic mass is 9.96. The third-order valence-corrected chi connectivity index (χ3v) is 16.7. The molecule has 0 saturated carbocycles. The Morgan fingerprint density at radius 2 is 1.27 bits per heavy atom. The Kier molecular flexibility index (Phi) is 38.2. The summed E-state index contributed by atoms with van der Waals surface area (Å²) in [6, 6.07) is -15.3. The summed E-state index contributed by atoms with van der Waals surface area (Å²) in [5, 5.41) is 60.5. The number of carbonyl (C=O) groups excluding carboxylic acids is 11. The first-order valence-electron chi connectivity index (χ1n) is 30.0. The summed E-state index contributed by atoms with van der Waals surface area (Å²) in [4.78, 5) is 188. The van der Waals surface area contributed by atoms with Crippen molar-refractivity contribution in [2.45, 2.75) is 200 Å². The van der Waals surface area contributed by atoms with Crippen LogP contribution in [0.4, 0.5) is 0 Å². The molecule has 32 heteroatoms. The Hall–Kier alpha value is -7.24. The molecule has 11 amide bonds. The van der Waals surface area contributed by atoms with Gasteiger partial charge in [-0.1, -0.05) is 89.8 Å². The maximum absolute atomic E-state index is 14.4. The van der Waals surface area contributed by atoms with Crippen molar-refractivity contribution in [3.63, 3.8) is 0 Å². The number of carboxylic acid groups (broad SMARTS) is 3. The second-order valence-electron chi connectivity index (χ2n) is 22.5. The molecule has 1 heterocycles. The third-order valence-electron chi connectivity index (χ3n) is 14.3. The number of carbonyl (C=O) groups is 14. The maximum atomic E-state index is 14.4. The van der Waals surface area contributed by atoms with Gasteiger partial charge in [-0.15, -0.1) is 12.3 Å². The van der Waals surface area contributed by atoms with Gasteiger partial charge in [0.05, 0.1) is 25.4 Å². The molecule has 3 unspecified atom stereocenters. The number of amides is 11. The summed E-state index contributed by atoms with van der Waals surface area (Å²) in [5.41, 5.74) is 5.63. The zero-order chi connectivity index (χ0) is 67.5. The Morgan fingerprint density at radius 1 is 0.652 bits per heavy atom. The van der Waals surface area contributed by atoms with Crippen molar-refractivity contribution in [1.82, 2.24) is 63.8 Å². The van der Waals surface area contributed by atoms with Crippen molar-refractivity contribution in [1.29, 1.82) is 0 Å². The summed E-state index contributed by atoms with van der Waals surface area (Å²) >= 11 is 0. The standard InChI is InChI=1S/C57H95N13O17S2/c1-11-14-15-21-40(71)60-24-19-18-23-59-22-17-16-20-35-49(78)69-46(32(8)12-2)56(85)64-36(25-42(73)74)50(79)65-38(53(82)70-47(57(86)87)33(9)13-3)28-88-89-29-39(52(81)67-44(30(4)5)54(83)61-27-41(72)62-35)66-55(84)45(31(6)7)68-51(80)37(26-43(75)76)63-48(77)34(10)58/h1,30-39,44-47,59H,12-29,58H2,2-10H3,(H,60,71)(H,61,83)(H,62,72)(H,63,77)(H,64,85)(H,65,79)(H,66,84)(H,67,81)(H,68,80)(H,69,78)(H,70,82)(H,73,74)(H,75,76)(H,86,87)/t32-,33-,34-,35-,36?,37-,38?,39?,44-,45-,46-,47-/m0/s1. The summed E-state index contributed by atoms with van der Waals surface area (Å²) in [7, 11) is 1.64. The normalized spacial score (nSPS) is 21.4. The third kappa shape index (κ3) is 31.2. The quantitative estimate of drug-likeness (QED) is 0.0199. The molecular weight excluding hydrogens is 1200 g/mol. The molecule has 0 aromatic heterocycles. The van der Waals surface area contributed by atoms with Gasteiger partial charge in [0.2, 0.25) is 65.0 Å². The molecule has 1 saturated heterocycles. The van der Waals surface area contributed by atoms with Crippen molar-refractivity contribution in [2.75, 3.05) is 37.7 Å². The lowest BCUT2D eigenvalue weighted by Crippen LogP contribution is -2.61. The van der Waals surface area contributed by atoms with Crippen LogP contribution >= 0.6 is 21.6 Å². The van der Waals surface area contributed by atoms with E-state index in [9.17, 15) is 82.4 Å². The first-order chi connectivity index (χ1) is 41.9. The average molecular weight is 1300 g/mol. The van der Waals surface area contributed by atoms with Crippen LogP contribution in [0.5, 0.6) is 0 Å². The molecule has 0 aliphatic carbocycles. The van der Waals surface area contributed by atoms with Crippen LogP contribution in [0.2, 0.25) is 0 Å². The van der Waals surface area contributed by atoms with Gasteiger partial charge in [0, 0.05) is 30.9 Å². The first-order valence-corrected chi connectivity index (χ1v) is 32.4. The van der Waals surface area contributed by atoms with Gasteiger partial charge in [0.1, 0.15) is 54.4 Å². The molecule has 89 heavy (non-hydrogen) atoms. The maximum Gasteiger partial charge on any atom is 0.326 e. The molecular formula is C57H95N13O17S2. The van der Waals surface area contributed by atoms with Crippen LogP contribution in [-0.4, -0.2) is 196 Å². The molecule has 30 nitrogen and oxygen atoms in total. The lowest BCUT2D eigenvalue weighted by Gasteiger charge is -2.29. The average Bonchev–Trinajstić information content (AvgIpc) is 3.67. The van der Waals surface area contributed by atoms with Crippen LogP contribution in [0.3, 0.4) is 0 Å². The molecule has 12 atom stereocenters. The second-order valence-corrected chi connectivity index (χ2v) is 25.1. The number of terminal acetylenes is 1. The fraction of sp³-hybridized carbons (Fsp3) is 0.719. The lowest BCUT2D eigenvalue weighted by molar-refractivity contribution is -0.144. The highest BCUT2D eigenvalue weighted by molar-refractivity contribution is 8.76. The zero-order valence-electron chi connectivity index (χ0n) is 52.3. The summed E-state index contributed by atoms with van der Waals surface area (Å²) in [6.07, 6.45) is 7.58. The van der Waals surface area contributed by atoms with Crippen LogP contribution in [0, 0.1) is 36.0 Å². The van der Waals surface area contributed by atoms with Gasteiger partial charge >= 0.3 is 17.9 Å². The SMILES string of the molecule is C#CCCCC(=O)NCCCCNCCCC[C@@H]1NC(=O)CNC(=O)[C@H](C(C)C)NC(=O)C(NC(=O)[C@@H](NC(=O)[C@H](CC(=O)O)NC(=O)[C@H](C)N)C(C)C)CSSCC(C(=O)N[C@H](C(=O)O)[C@@H](C)CC)NC(=O)C(CC(=O)O)NC(=O)[C@H]([C@@H](C)CC)NC1=O. The van der Waals surface area contributed by atoms with Crippen molar-refractivity contribution >= 4 is 104 Å². The molecule has 1 aliphatic rings. The van der Waals surface area contributed by atoms with E-state index in [1.165, 1.54) is 20.8 Å². The largest absolute Gasteiger partial charge is 0.481 e. The number of hydrogen-bond acceptors (Lipinski definition) is 18. The summed E-state index contributed by atoms with van der Waals surface area (Å²) in [5.74, 6) is -15.5. The van der Waals surface area contributed by atoms with E-state index in [1.54, 1.807) is 41.5 Å². The first kappa shape index (κ1) is 79.8. The Bertz CT molecular complexity index is 2470. The molecule has 0 aromatic carbocycles. The van der Waals surface area contributed by atoms with Crippen LogP contribution in [0.15, 0.2) is 0 Å². The molecule has 0 spiro atoms. The van der Waals surface area contributed by atoms with Gasteiger partial charge in [-0.3, -0.25) is 62.3 Å². The van der Waals surface area contributed by atoms with Crippen LogP contribution in [0.25, 0.3) is 0 Å². The second kappa shape index (κ2) is 42.6. The summed E-state index contributed by atoms with van der Waals surface area (Å²) in [6.45, 7) is 14.8. The number of unbranched alkanes of at least 4 members (excludes halogenated alkanes) is 3. The molecule has 0 bridgehead atoms.